The molecule has 1 aliphatic heterocycles. The Labute approximate surface area is 110 Å². The fourth-order valence-electron chi connectivity index (χ4n) is 2.56. The van der Waals surface area contributed by atoms with Crippen molar-refractivity contribution in [1.29, 1.82) is 0 Å². The first-order valence-corrected chi connectivity index (χ1v) is 6.34. The minimum absolute atomic E-state index is 0.103. The third-order valence-corrected chi connectivity index (χ3v) is 3.32. The van der Waals surface area contributed by atoms with Crippen LogP contribution in [-0.4, -0.2) is 26.5 Å². The number of nitrogens with one attached hydrogen (secondary N) is 1. The van der Waals surface area contributed by atoms with Gasteiger partial charge in [0.2, 0.25) is 0 Å². The number of aromatic amines is 1. The van der Waals surface area contributed by atoms with E-state index in [1.54, 1.807) is 31.6 Å². The molecule has 2 aromatic heterocycles. The van der Waals surface area contributed by atoms with Gasteiger partial charge in [-0.15, -0.1) is 0 Å². The maximum Gasteiger partial charge on any atom is 0.251 e. The number of hydrogen-bond donors (Lipinski definition) is 1. The summed E-state index contributed by atoms with van der Waals surface area (Å²) >= 11 is 0. The highest BCUT2D eigenvalue weighted by atomic mass is 16.1. The summed E-state index contributed by atoms with van der Waals surface area (Å²) in [6.45, 7) is 2.71. The number of anilines is 1. The maximum absolute atomic E-state index is 11.6. The molecule has 1 unspecified atom stereocenters. The van der Waals surface area contributed by atoms with Crippen LogP contribution < -0.4 is 10.5 Å². The molecule has 1 saturated heterocycles. The van der Waals surface area contributed by atoms with E-state index in [2.05, 4.69) is 24.8 Å². The fraction of sp³-hybridized carbons (Fsp3) is 0.385. The number of aromatic nitrogens is 4. The molecule has 2 aromatic rings. The molecule has 6 heteroatoms. The largest absolute Gasteiger partial charge is 0.347 e. The van der Waals surface area contributed by atoms with Gasteiger partial charge in [0.05, 0.1) is 17.9 Å². The Bertz CT molecular complexity index is 624. The Morgan fingerprint density at radius 2 is 2.32 bits per heavy atom. The molecule has 0 aliphatic carbocycles. The summed E-state index contributed by atoms with van der Waals surface area (Å²) in [5, 5.41) is 0. The average Bonchev–Trinajstić information content (AvgIpc) is 2.88. The normalized spacial score (nSPS) is 18.8. The number of aryl methyl sites for hydroxylation is 1. The minimum Gasteiger partial charge on any atom is -0.347 e. The van der Waals surface area contributed by atoms with Crippen molar-refractivity contribution in [1.82, 2.24) is 19.9 Å². The molecular weight excluding hydrogens is 242 g/mol. The monoisotopic (exact) mass is 257 g/mol. The smallest absolute Gasteiger partial charge is 0.251 e. The Kier molecular flexibility index (Phi) is 2.98. The topological polar surface area (TPSA) is 74.8 Å². The highest BCUT2D eigenvalue weighted by Crippen LogP contribution is 2.33. The highest BCUT2D eigenvalue weighted by molar-refractivity contribution is 5.40. The van der Waals surface area contributed by atoms with E-state index in [0.717, 1.165) is 30.9 Å². The van der Waals surface area contributed by atoms with Gasteiger partial charge < -0.3 is 9.88 Å². The van der Waals surface area contributed by atoms with Crippen LogP contribution in [0.5, 0.6) is 0 Å². The van der Waals surface area contributed by atoms with Gasteiger partial charge in [-0.1, -0.05) is 0 Å². The summed E-state index contributed by atoms with van der Waals surface area (Å²) < 4.78 is 0. The lowest BCUT2D eigenvalue weighted by Gasteiger charge is -2.24. The summed E-state index contributed by atoms with van der Waals surface area (Å²) in [5.41, 5.74) is 0.706. The molecule has 98 valence electrons. The highest BCUT2D eigenvalue weighted by Gasteiger charge is 2.28. The van der Waals surface area contributed by atoms with Gasteiger partial charge in [-0.05, 0) is 19.8 Å². The summed E-state index contributed by atoms with van der Waals surface area (Å²) in [4.78, 5) is 29.3. The number of H-pyrrole nitrogens is 1. The van der Waals surface area contributed by atoms with E-state index in [9.17, 15) is 4.79 Å². The summed E-state index contributed by atoms with van der Waals surface area (Å²) in [6, 6.07) is 1.68. The average molecular weight is 257 g/mol. The molecule has 0 spiro atoms. The molecule has 1 fully saturated rings. The van der Waals surface area contributed by atoms with Crippen molar-refractivity contribution in [3.63, 3.8) is 0 Å². The summed E-state index contributed by atoms with van der Waals surface area (Å²) in [5.74, 6) is 1.48. The third-order valence-electron chi connectivity index (χ3n) is 3.32. The van der Waals surface area contributed by atoms with Crippen LogP contribution in [0.2, 0.25) is 0 Å². The van der Waals surface area contributed by atoms with E-state index >= 15 is 0 Å². The molecule has 0 amide bonds. The van der Waals surface area contributed by atoms with E-state index in [0.29, 0.717) is 5.82 Å². The first-order valence-electron chi connectivity index (χ1n) is 6.34. The molecule has 0 radical (unpaired) electrons. The van der Waals surface area contributed by atoms with Crippen LogP contribution >= 0.6 is 0 Å². The lowest BCUT2D eigenvalue weighted by atomic mass is 10.1. The van der Waals surface area contributed by atoms with Gasteiger partial charge in [0.15, 0.2) is 0 Å². The van der Waals surface area contributed by atoms with Crippen molar-refractivity contribution >= 4 is 5.82 Å². The van der Waals surface area contributed by atoms with Crippen molar-refractivity contribution in [2.75, 3.05) is 11.4 Å². The zero-order valence-corrected chi connectivity index (χ0v) is 10.7. The minimum atomic E-state index is -0.103. The number of rotatable bonds is 2. The van der Waals surface area contributed by atoms with Gasteiger partial charge in [-0.3, -0.25) is 9.78 Å². The quantitative estimate of drug-likeness (QED) is 0.875. The molecule has 1 atom stereocenters. The molecule has 19 heavy (non-hydrogen) atoms. The second kappa shape index (κ2) is 4.79. The van der Waals surface area contributed by atoms with Crippen LogP contribution in [0, 0.1) is 6.92 Å². The van der Waals surface area contributed by atoms with Crippen LogP contribution in [0.3, 0.4) is 0 Å². The maximum atomic E-state index is 11.6. The fourth-order valence-corrected chi connectivity index (χ4v) is 2.56. The lowest BCUT2D eigenvalue weighted by molar-refractivity contribution is 0.676. The van der Waals surface area contributed by atoms with Gasteiger partial charge in [0, 0.05) is 25.0 Å². The number of hydrogen-bond acceptors (Lipinski definition) is 5. The van der Waals surface area contributed by atoms with E-state index in [1.807, 2.05) is 0 Å². The van der Waals surface area contributed by atoms with Gasteiger partial charge in [0.25, 0.3) is 5.56 Å². The zero-order chi connectivity index (χ0) is 13.2. The predicted molar refractivity (Wildman–Crippen MR) is 70.9 cm³/mol. The van der Waals surface area contributed by atoms with Crippen LogP contribution in [0.25, 0.3) is 0 Å². The van der Waals surface area contributed by atoms with Crippen molar-refractivity contribution in [2.45, 2.75) is 25.8 Å². The second-order valence-electron chi connectivity index (χ2n) is 4.67. The van der Waals surface area contributed by atoms with E-state index < -0.39 is 0 Å². The van der Waals surface area contributed by atoms with E-state index in [-0.39, 0.29) is 11.6 Å². The SMILES string of the molecule is Cc1nc(C2CCCN2c2cnccn2)cc(=O)[nH]1. The van der Waals surface area contributed by atoms with E-state index in [1.165, 1.54) is 0 Å². The summed E-state index contributed by atoms with van der Waals surface area (Å²) in [6.07, 6.45) is 7.13. The molecular formula is C13H15N5O. The van der Waals surface area contributed by atoms with Gasteiger partial charge >= 0.3 is 0 Å². The van der Waals surface area contributed by atoms with Crippen molar-refractivity contribution in [3.8, 4) is 0 Å². The Balaban J connectivity index is 1.97. The summed E-state index contributed by atoms with van der Waals surface area (Å²) in [7, 11) is 0. The molecule has 0 bridgehead atoms. The van der Waals surface area contributed by atoms with Gasteiger partial charge in [-0.2, -0.15) is 0 Å². The van der Waals surface area contributed by atoms with Crippen LogP contribution in [0.1, 0.15) is 30.4 Å². The molecule has 3 rings (SSSR count). The van der Waals surface area contributed by atoms with Crippen molar-refractivity contribution in [3.05, 3.63) is 46.5 Å². The Morgan fingerprint density at radius 3 is 3.05 bits per heavy atom. The third kappa shape index (κ3) is 2.33. The molecule has 0 saturated carbocycles. The zero-order valence-electron chi connectivity index (χ0n) is 10.7. The van der Waals surface area contributed by atoms with Crippen molar-refractivity contribution in [2.24, 2.45) is 0 Å². The molecule has 1 aliphatic rings. The van der Waals surface area contributed by atoms with E-state index in [4.69, 9.17) is 0 Å². The Morgan fingerprint density at radius 1 is 1.42 bits per heavy atom. The van der Waals surface area contributed by atoms with Crippen LogP contribution in [-0.2, 0) is 0 Å². The molecule has 6 nitrogen and oxygen atoms in total. The predicted octanol–water partition coefficient (Wildman–Crippen LogP) is 1.21. The van der Waals surface area contributed by atoms with Gasteiger partial charge in [-0.25, -0.2) is 9.97 Å². The number of nitrogens with zero attached hydrogens (tertiary/aromatic N) is 4. The van der Waals surface area contributed by atoms with Gasteiger partial charge in [0.1, 0.15) is 11.6 Å². The molecule has 3 heterocycles. The first-order chi connectivity index (χ1) is 9.24. The molecule has 1 N–H and O–H groups in total. The standard InChI is InChI=1S/C13H15N5O/c1-9-16-10(7-13(19)17-9)11-3-2-6-18(11)12-8-14-4-5-15-12/h4-5,7-8,11H,2-3,6H2,1H3,(H,16,17,19). The van der Waals surface area contributed by atoms with Crippen LogP contribution in [0.4, 0.5) is 5.82 Å². The second-order valence-corrected chi connectivity index (χ2v) is 4.67. The Hall–Kier alpha value is -2.24. The first kappa shape index (κ1) is 11.8. The molecule has 0 aromatic carbocycles. The van der Waals surface area contributed by atoms with Crippen LogP contribution in [0.15, 0.2) is 29.5 Å². The lowest BCUT2D eigenvalue weighted by Crippen LogP contribution is -2.26. The van der Waals surface area contributed by atoms with Crippen molar-refractivity contribution < 1.29 is 0 Å².